The molecule has 2 aromatic carbocycles. The fraction of sp³-hybridized carbons (Fsp3) is 0.400. The van der Waals surface area contributed by atoms with Gasteiger partial charge in [-0.05, 0) is 18.1 Å². The van der Waals surface area contributed by atoms with Crippen LogP contribution in [-0.2, 0) is 14.8 Å². The van der Waals surface area contributed by atoms with Crippen LogP contribution in [0.3, 0.4) is 0 Å². The van der Waals surface area contributed by atoms with Gasteiger partial charge in [-0.1, -0.05) is 37.3 Å². The van der Waals surface area contributed by atoms with Crippen molar-refractivity contribution in [3.63, 3.8) is 0 Å². The highest BCUT2D eigenvalue weighted by Crippen LogP contribution is 2.30. The van der Waals surface area contributed by atoms with Crippen molar-refractivity contribution in [2.45, 2.75) is 24.2 Å². The van der Waals surface area contributed by atoms with Crippen LogP contribution in [0, 0.1) is 10.1 Å². The summed E-state index contributed by atoms with van der Waals surface area (Å²) in [6, 6.07) is 13.9. The highest BCUT2D eigenvalue weighted by molar-refractivity contribution is 7.89. The largest absolute Gasteiger partial charge is 0.383 e. The van der Waals surface area contributed by atoms with Crippen LogP contribution in [0.2, 0.25) is 0 Å². The Balaban J connectivity index is 1.90. The fourth-order valence-electron chi connectivity index (χ4n) is 3.37. The van der Waals surface area contributed by atoms with Gasteiger partial charge in [-0.25, -0.2) is 8.42 Å². The number of nitrogens with one attached hydrogen (secondary N) is 1. The van der Waals surface area contributed by atoms with Crippen molar-refractivity contribution in [1.82, 2.24) is 4.31 Å². The number of benzene rings is 2. The van der Waals surface area contributed by atoms with Gasteiger partial charge in [-0.2, -0.15) is 4.31 Å². The number of nitro groups is 1. The summed E-state index contributed by atoms with van der Waals surface area (Å²) in [7, 11) is -3.88. The summed E-state index contributed by atoms with van der Waals surface area (Å²) in [4.78, 5) is 10.6. The Morgan fingerprint density at radius 2 is 1.86 bits per heavy atom. The third-order valence-electron chi connectivity index (χ3n) is 5.07. The lowest BCUT2D eigenvalue weighted by Crippen LogP contribution is -2.40. The molecule has 156 valence electrons. The van der Waals surface area contributed by atoms with Crippen molar-refractivity contribution in [1.29, 1.82) is 0 Å². The summed E-state index contributed by atoms with van der Waals surface area (Å²) in [6.07, 6.45) is 0.871. The first kappa shape index (κ1) is 21.2. The second-order valence-electron chi connectivity index (χ2n) is 6.85. The molecule has 1 heterocycles. The number of sulfonamides is 1. The van der Waals surface area contributed by atoms with Crippen molar-refractivity contribution in [2.24, 2.45) is 0 Å². The number of anilines is 1. The average molecular weight is 420 g/mol. The molecule has 8 nitrogen and oxygen atoms in total. The summed E-state index contributed by atoms with van der Waals surface area (Å²) in [6.45, 7) is 3.66. The van der Waals surface area contributed by atoms with E-state index in [9.17, 15) is 18.5 Å². The van der Waals surface area contributed by atoms with Crippen LogP contribution in [-0.4, -0.2) is 50.5 Å². The number of nitro benzene ring substituents is 1. The van der Waals surface area contributed by atoms with Gasteiger partial charge >= 0.3 is 0 Å². The summed E-state index contributed by atoms with van der Waals surface area (Å²) in [5.41, 5.74) is 1.27. The molecule has 0 bridgehead atoms. The van der Waals surface area contributed by atoms with Gasteiger partial charge in [0.1, 0.15) is 4.90 Å². The third-order valence-corrected chi connectivity index (χ3v) is 7.01. The topological polar surface area (TPSA) is 102 Å². The smallest absolute Gasteiger partial charge is 0.270 e. The van der Waals surface area contributed by atoms with Gasteiger partial charge in [0.15, 0.2) is 0 Å². The highest BCUT2D eigenvalue weighted by atomic mass is 32.2. The van der Waals surface area contributed by atoms with E-state index in [2.05, 4.69) is 12.2 Å². The summed E-state index contributed by atoms with van der Waals surface area (Å²) >= 11 is 0. The van der Waals surface area contributed by atoms with Crippen molar-refractivity contribution in [2.75, 3.05) is 38.2 Å². The minimum Gasteiger partial charge on any atom is -0.383 e. The number of nitrogens with zero attached hydrogens (tertiary/aromatic N) is 2. The van der Waals surface area contributed by atoms with Crippen LogP contribution in [0.15, 0.2) is 53.4 Å². The predicted octanol–water partition coefficient (Wildman–Crippen LogP) is 3.22. The molecular weight excluding hydrogens is 394 g/mol. The second kappa shape index (κ2) is 9.34. The normalized spacial score (nSPS) is 16.3. The lowest BCUT2D eigenvalue weighted by atomic mass is 9.96. The van der Waals surface area contributed by atoms with Crippen molar-refractivity contribution >= 4 is 21.4 Å². The maximum atomic E-state index is 13.2. The van der Waals surface area contributed by atoms with E-state index in [1.807, 2.05) is 30.3 Å². The number of ether oxygens (including phenoxy) is 1. The van der Waals surface area contributed by atoms with Gasteiger partial charge in [0.2, 0.25) is 10.0 Å². The Kier molecular flexibility index (Phi) is 6.83. The molecule has 2 aromatic rings. The molecule has 1 saturated heterocycles. The minimum atomic E-state index is -3.88. The minimum absolute atomic E-state index is 0.0727. The SMILES string of the molecule is CCC(CNc1ccc([N+](=O)[O-])cc1S(=O)(=O)N1CCOCC1)c1ccccc1. The van der Waals surface area contributed by atoms with Gasteiger partial charge in [-0.3, -0.25) is 10.1 Å². The molecule has 3 rings (SSSR count). The molecule has 1 atom stereocenters. The van der Waals surface area contributed by atoms with E-state index in [1.54, 1.807) is 0 Å². The first-order valence-electron chi connectivity index (χ1n) is 9.58. The molecule has 1 N–H and O–H groups in total. The first-order chi connectivity index (χ1) is 13.9. The van der Waals surface area contributed by atoms with Crippen LogP contribution in [0.1, 0.15) is 24.8 Å². The fourth-order valence-corrected chi connectivity index (χ4v) is 4.96. The maximum absolute atomic E-state index is 13.2. The van der Waals surface area contributed by atoms with Crippen LogP contribution < -0.4 is 5.32 Å². The highest BCUT2D eigenvalue weighted by Gasteiger charge is 2.30. The summed E-state index contributed by atoms with van der Waals surface area (Å²) in [5, 5.41) is 14.4. The standard InChI is InChI=1S/C20H25N3O5S/c1-2-16(17-6-4-3-5-7-17)15-21-19-9-8-18(23(24)25)14-20(19)29(26,27)22-10-12-28-13-11-22/h3-9,14,16,21H,2,10-13,15H2,1H3. The van der Waals surface area contributed by atoms with Gasteiger partial charge in [0.25, 0.3) is 5.69 Å². The summed E-state index contributed by atoms with van der Waals surface area (Å²) in [5.74, 6) is 0.185. The molecule has 1 fully saturated rings. The number of rotatable bonds is 8. The average Bonchev–Trinajstić information content (AvgIpc) is 2.75. The van der Waals surface area contributed by atoms with E-state index >= 15 is 0 Å². The molecule has 0 amide bonds. The van der Waals surface area contributed by atoms with Crippen LogP contribution in [0.25, 0.3) is 0 Å². The predicted molar refractivity (Wildman–Crippen MR) is 111 cm³/mol. The van der Waals surface area contributed by atoms with E-state index in [4.69, 9.17) is 4.74 Å². The number of morpholine rings is 1. The van der Waals surface area contributed by atoms with E-state index in [-0.39, 0.29) is 29.6 Å². The molecular formula is C20H25N3O5S. The van der Waals surface area contributed by atoms with E-state index in [0.29, 0.717) is 25.4 Å². The Morgan fingerprint density at radius 1 is 1.17 bits per heavy atom. The van der Waals surface area contributed by atoms with E-state index in [1.165, 1.54) is 16.4 Å². The van der Waals surface area contributed by atoms with Gasteiger partial charge in [0.05, 0.1) is 23.8 Å². The quantitative estimate of drug-likeness (QED) is 0.521. The first-order valence-corrected chi connectivity index (χ1v) is 11.0. The maximum Gasteiger partial charge on any atom is 0.270 e. The molecule has 1 aliphatic heterocycles. The van der Waals surface area contributed by atoms with Crippen LogP contribution in [0.4, 0.5) is 11.4 Å². The number of hydrogen-bond acceptors (Lipinski definition) is 6. The molecule has 9 heteroatoms. The molecule has 1 aliphatic rings. The Labute approximate surface area is 170 Å². The van der Waals surface area contributed by atoms with Gasteiger partial charge in [0, 0.05) is 37.7 Å². The monoisotopic (exact) mass is 419 g/mol. The molecule has 0 saturated carbocycles. The number of hydrogen-bond donors (Lipinski definition) is 1. The Bertz CT molecular complexity index is 944. The zero-order valence-electron chi connectivity index (χ0n) is 16.3. The molecule has 29 heavy (non-hydrogen) atoms. The molecule has 0 aromatic heterocycles. The second-order valence-corrected chi connectivity index (χ2v) is 8.76. The summed E-state index contributed by atoms with van der Waals surface area (Å²) < 4.78 is 32.9. The molecule has 0 spiro atoms. The lowest BCUT2D eigenvalue weighted by Gasteiger charge is -2.27. The Hall–Kier alpha value is -2.49. The number of non-ortho nitro benzene ring substituents is 1. The van der Waals surface area contributed by atoms with Gasteiger partial charge in [-0.15, -0.1) is 0 Å². The van der Waals surface area contributed by atoms with E-state index < -0.39 is 14.9 Å². The van der Waals surface area contributed by atoms with Crippen molar-refractivity contribution in [3.05, 3.63) is 64.2 Å². The van der Waals surface area contributed by atoms with E-state index in [0.717, 1.165) is 18.1 Å². The van der Waals surface area contributed by atoms with Crippen LogP contribution >= 0.6 is 0 Å². The van der Waals surface area contributed by atoms with Crippen molar-refractivity contribution in [3.8, 4) is 0 Å². The third kappa shape index (κ3) is 4.92. The van der Waals surface area contributed by atoms with Crippen molar-refractivity contribution < 1.29 is 18.1 Å². The molecule has 1 unspecified atom stereocenters. The molecule has 0 aliphatic carbocycles. The van der Waals surface area contributed by atoms with Crippen LogP contribution in [0.5, 0.6) is 0 Å². The zero-order chi connectivity index (χ0) is 20.9. The molecule has 0 radical (unpaired) electrons. The lowest BCUT2D eigenvalue weighted by molar-refractivity contribution is -0.385. The zero-order valence-corrected chi connectivity index (χ0v) is 17.1. The van der Waals surface area contributed by atoms with Gasteiger partial charge < -0.3 is 10.1 Å². The Morgan fingerprint density at radius 3 is 2.48 bits per heavy atom.